The highest BCUT2D eigenvalue weighted by Crippen LogP contribution is 2.22. The monoisotopic (exact) mass is 273 g/mol. The van der Waals surface area contributed by atoms with Crippen LogP contribution >= 0.6 is 0 Å². The largest absolute Gasteiger partial charge is 0.346 e. The van der Waals surface area contributed by atoms with Gasteiger partial charge in [-0.15, -0.1) is 0 Å². The first-order valence-corrected chi connectivity index (χ1v) is 7.20. The molecule has 0 bridgehead atoms. The number of rotatable bonds is 4. The van der Waals surface area contributed by atoms with Gasteiger partial charge in [0, 0.05) is 42.3 Å². The SMILES string of the molecule is O=[N+]([O-])c1ccc2c(ccn2CCN2CCCCC2)c1. The zero-order chi connectivity index (χ0) is 13.9. The first-order chi connectivity index (χ1) is 9.74. The number of fused-ring (bicyclic) bond motifs is 1. The highest BCUT2D eigenvalue weighted by Gasteiger charge is 2.11. The van der Waals surface area contributed by atoms with Gasteiger partial charge in [0.1, 0.15) is 0 Å². The van der Waals surface area contributed by atoms with Gasteiger partial charge in [0.15, 0.2) is 0 Å². The Bertz CT molecular complexity index is 615. The Balaban J connectivity index is 1.73. The van der Waals surface area contributed by atoms with Crippen LogP contribution in [-0.4, -0.2) is 34.0 Å². The molecule has 0 atom stereocenters. The summed E-state index contributed by atoms with van der Waals surface area (Å²) in [5.41, 5.74) is 1.24. The molecule has 0 amide bonds. The van der Waals surface area contributed by atoms with Gasteiger partial charge in [0.05, 0.1) is 4.92 Å². The molecule has 0 saturated carbocycles. The van der Waals surface area contributed by atoms with Gasteiger partial charge in [0.2, 0.25) is 0 Å². The smallest absolute Gasteiger partial charge is 0.270 e. The molecule has 1 aliphatic rings. The normalized spacial score (nSPS) is 16.6. The molecule has 106 valence electrons. The molecule has 1 aromatic heterocycles. The van der Waals surface area contributed by atoms with Gasteiger partial charge in [0.25, 0.3) is 5.69 Å². The van der Waals surface area contributed by atoms with E-state index < -0.39 is 0 Å². The van der Waals surface area contributed by atoms with Crippen LogP contribution in [0, 0.1) is 10.1 Å². The second-order valence-corrected chi connectivity index (χ2v) is 5.41. The van der Waals surface area contributed by atoms with E-state index in [0.717, 1.165) is 24.0 Å². The Morgan fingerprint density at radius 3 is 2.65 bits per heavy atom. The second-order valence-electron chi connectivity index (χ2n) is 5.41. The number of benzene rings is 1. The van der Waals surface area contributed by atoms with Crippen molar-refractivity contribution in [2.75, 3.05) is 19.6 Å². The van der Waals surface area contributed by atoms with E-state index in [1.807, 2.05) is 18.3 Å². The lowest BCUT2D eigenvalue weighted by molar-refractivity contribution is -0.384. The summed E-state index contributed by atoms with van der Waals surface area (Å²) in [4.78, 5) is 12.9. The lowest BCUT2D eigenvalue weighted by Gasteiger charge is -2.26. The van der Waals surface area contributed by atoms with Crippen molar-refractivity contribution in [3.8, 4) is 0 Å². The Morgan fingerprint density at radius 1 is 1.10 bits per heavy atom. The van der Waals surface area contributed by atoms with Gasteiger partial charge in [-0.3, -0.25) is 10.1 Å². The van der Waals surface area contributed by atoms with Crippen LogP contribution in [0.1, 0.15) is 19.3 Å². The molecule has 1 aromatic carbocycles. The minimum absolute atomic E-state index is 0.159. The van der Waals surface area contributed by atoms with Crippen LogP contribution < -0.4 is 0 Å². The predicted molar refractivity (Wildman–Crippen MR) is 78.9 cm³/mol. The van der Waals surface area contributed by atoms with Crippen molar-refractivity contribution in [2.24, 2.45) is 0 Å². The van der Waals surface area contributed by atoms with Gasteiger partial charge in [-0.1, -0.05) is 6.42 Å². The third kappa shape index (κ3) is 2.67. The van der Waals surface area contributed by atoms with E-state index in [9.17, 15) is 10.1 Å². The van der Waals surface area contributed by atoms with Crippen LogP contribution in [-0.2, 0) is 6.54 Å². The van der Waals surface area contributed by atoms with E-state index in [1.54, 1.807) is 12.1 Å². The number of hydrogen-bond donors (Lipinski definition) is 0. The van der Waals surface area contributed by atoms with Crippen LogP contribution in [0.4, 0.5) is 5.69 Å². The van der Waals surface area contributed by atoms with Gasteiger partial charge < -0.3 is 9.47 Å². The molecule has 0 aliphatic carbocycles. The molecule has 0 N–H and O–H groups in total. The summed E-state index contributed by atoms with van der Waals surface area (Å²) in [6.45, 7) is 4.40. The molecule has 2 aromatic rings. The first-order valence-electron chi connectivity index (χ1n) is 7.20. The molecule has 1 aliphatic heterocycles. The highest BCUT2D eigenvalue weighted by molar-refractivity contribution is 5.82. The van der Waals surface area contributed by atoms with Crippen molar-refractivity contribution in [1.29, 1.82) is 0 Å². The van der Waals surface area contributed by atoms with E-state index in [4.69, 9.17) is 0 Å². The van der Waals surface area contributed by atoms with Crippen molar-refractivity contribution in [2.45, 2.75) is 25.8 Å². The number of non-ortho nitro benzene ring substituents is 1. The Kier molecular flexibility index (Phi) is 3.69. The van der Waals surface area contributed by atoms with Crippen molar-refractivity contribution in [3.05, 3.63) is 40.6 Å². The number of hydrogen-bond acceptors (Lipinski definition) is 3. The van der Waals surface area contributed by atoms with Crippen LogP contribution in [0.2, 0.25) is 0 Å². The Labute approximate surface area is 117 Å². The molecule has 1 fully saturated rings. The van der Waals surface area contributed by atoms with E-state index in [0.29, 0.717) is 0 Å². The molecular weight excluding hydrogens is 254 g/mol. The van der Waals surface area contributed by atoms with Crippen LogP contribution in [0.25, 0.3) is 10.9 Å². The molecule has 0 spiro atoms. The minimum atomic E-state index is -0.343. The van der Waals surface area contributed by atoms with Crippen molar-refractivity contribution >= 4 is 16.6 Å². The number of aromatic nitrogens is 1. The molecular formula is C15H19N3O2. The van der Waals surface area contributed by atoms with Gasteiger partial charge in [-0.05, 0) is 38.1 Å². The van der Waals surface area contributed by atoms with E-state index in [1.165, 1.54) is 32.4 Å². The fraction of sp³-hybridized carbons (Fsp3) is 0.467. The maximum Gasteiger partial charge on any atom is 0.270 e. The summed E-state index contributed by atoms with van der Waals surface area (Å²) in [7, 11) is 0. The molecule has 5 heteroatoms. The molecule has 1 saturated heterocycles. The van der Waals surface area contributed by atoms with Crippen molar-refractivity contribution in [1.82, 2.24) is 9.47 Å². The fourth-order valence-corrected chi connectivity index (χ4v) is 2.93. The quantitative estimate of drug-likeness (QED) is 0.635. The van der Waals surface area contributed by atoms with Gasteiger partial charge in [-0.25, -0.2) is 0 Å². The number of nitro benzene ring substituents is 1. The van der Waals surface area contributed by atoms with Gasteiger partial charge >= 0.3 is 0 Å². The maximum atomic E-state index is 10.8. The summed E-state index contributed by atoms with van der Waals surface area (Å²) in [6.07, 6.45) is 5.99. The van der Waals surface area contributed by atoms with E-state index in [-0.39, 0.29) is 10.6 Å². The lowest BCUT2D eigenvalue weighted by atomic mass is 10.1. The van der Waals surface area contributed by atoms with Crippen molar-refractivity contribution < 1.29 is 4.92 Å². The van der Waals surface area contributed by atoms with E-state index in [2.05, 4.69) is 9.47 Å². The standard InChI is InChI=1S/C15H19N3O2/c19-18(20)14-4-5-15-13(12-14)6-9-17(15)11-10-16-7-2-1-3-8-16/h4-6,9,12H,1-3,7-8,10-11H2. The van der Waals surface area contributed by atoms with Crippen LogP contribution in [0.3, 0.4) is 0 Å². The zero-order valence-electron chi connectivity index (χ0n) is 11.5. The maximum absolute atomic E-state index is 10.8. The molecule has 0 radical (unpaired) electrons. The average molecular weight is 273 g/mol. The number of likely N-dealkylation sites (tertiary alicyclic amines) is 1. The third-order valence-electron chi connectivity index (χ3n) is 4.07. The number of nitrogens with zero attached hydrogens (tertiary/aromatic N) is 3. The van der Waals surface area contributed by atoms with E-state index >= 15 is 0 Å². The molecule has 3 rings (SSSR count). The fourth-order valence-electron chi connectivity index (χ4n) is 2.93. The summed E-state index contributed by atoms with van der Waals surface area (Å²) in [5, 5.41) is 11.7. The molecule has 20 heavy (non-hydrogen) atoms. The van der Waals surface area contributed by atoms with Crippen molar-refractivity contribution in [3.63, 3.8) is 0 Å². The molecule has 5 nitrogen and oxygen atoms in total. The minimum Gasteiger partial charge on any atom is -0.346 e. The second kappa shape index (κ2) is 5.63. The summed E-state index contributed by atoms with van der Waals surface area (Å²) >= 11 is 0. The summed E-state index contributed by atoms with van der Waals surface area (Å²) < 4.78 is 2.19. The van der Waals surface area contributed by atoms with Crippen LogP contribution in [0.15, 0.2) is 30.5 Å². The first kappa shape index (κ1) is 13.1. The number of nitro groups is 1. The summed E-state index contributed by atoms with van der Waals surface area (Å²) in [5.74, 6) is 0. The predicted octanol–water partition coefficient (Wildman–Crippen LogP) is 3.04. The zero-order valence-corrected chi connectivity index (χ0v) is 11.5. The Morgan fingerprint density at radius 2 is 1.90 bits per heavy atom. The third-order valence-corrected chi connectivity index (χ3v) is 4.07. The lowest BCUT2D eigenvalue weighted by Crippen LogP contribution is -2.32. The molecule has 0 unspecified atom stereocenters. The summed E-state index contributed by atoms with van der Waals surface area (Å²) in [6, 6.07) is 7.04. The Hall–Kier alpha value is -1.88. The highest BCUT2D eigenvalue weighted by atomic mass is 16.6. The molecule has 2 heterocycles. The average Bonchev–Trinajstić information content (AvgIpc) is 2.88. The number of piperidine rings is 1. The van der Waals surface area contributed by atoms with Gasteiger partial charge in [-0.2, -0.15) is 0 Å². The van der Waals surface area contributed by atoms with Crippen LogP contribution in [0.5, 0.6) is 0 Å². The topological polar surface area (TPSA) is 51.3 Å².